The summed E-state index contributed by atoms with van der Waals surface area (Å²) in [6.07, 6.45) is 2.13. The second-order valence-electron chi connectivity index (χ2n) is 1.28. The molecule has 0 atom stereocenters. The monoisotopic (exact) mass is 118 g/mol. The molecule has 0 saturated heterocycles. The molecule has 0 amide bonds. The molecular weight excluding hydrogens is 103 g/mol. The van der Waals surface area contributed by atoms with Crippen LogP contribution >= 0.6 is 0 Å². The van der Waals surface area contributed by atoms with Crippen molar-refractivity contribution >= 4 is 17.4 Å². The van der Waals surface area contributed by atoms with E-state index >= 15 is 0 Å². The zero-order chi connectivity index (χ0) is 4.83. The summed E-state index contributed by atoms with van der Waals surface area (Å²) in [5.41, 5.74) is 10.3. The van der Waals surface area contributed by atoms with Gasteiger partial charge in [0.15, 0.2) is 17.4 Å². The molecule has 0 heterocycles. The summed E-state index contributed by atoms with van der Waals surface area (Å²) in [7, 11) is 0. The van der Waals surface area contributed by atoms with Gasteiger partial charge in [0.2, 0.25) is 0 Å². The molecule has 0 aromatic carbocycles. The minimum Gasteiger partial charge on any atom is -0.330 e. The molecule has 0 aliphatic heterocycles. The van der Waals surface area contributed by atoms with Crippen molar-refractivity contribution in [1.82, 2.24) is 0 Å². The molecule has 0 aliphatic rings. The smallest absolute Gasteiger partial charge is 0.187 e. The quantitative estimate of drug-likeness (QED) is 0.350. The van der Waals surface area contributed by atoms with Crippen molar-refractivity contribution in [1.29, 1.82) is 0 Å². The lowest BCUT2D eigenvalue weighted by atomic mass is 10.3. The fourth-order valence-electron chi connectivity index (χ4n) is 0.289. The van der Waals surface area contributed by atoms with Crippen LogP contribution < -0.4 is 11.5 Å². The molecule has 0 unspecified atom stereocenters. The third kappa shape index (κ3) is 10.7. The van der Waals surface area contributed by atoms with Gasteiger partial charge in [0.25, 0.3) is 0 Å². The Bertz CT molecular complexity index is 21.7. The largest absolute Gasteiger partial charge is 0.330 e. The molecule has 0 radical (unpaired) electrons. The predicted molar refractivity (Wildman–Crippen MR) is 37.3 cm³/mol. The average molecular weight is 118 g/mol. The van der Waals surface area contributed by atoms with Crippen LogP contribution in [-0.2, 0) is 0 Å². The first-order valence-corrected chi connectivity index (χ1v) is 2.32. The van der Waals surface area contributed by atoms with E-state index in [4.69, 9.17) is 11.5 Å². The highest BCUT2D eigenvalue weighted by Gasteiger charge is 1.75. The number of hydrogen-bond donors (Lipinski definition) is 2. The molecule has 3 heteroatoms. The Labute approximate surface area is 55.4 Å². The fourth-order valence-corrected chi connectivity index (χ4v) is 0.289. The van der Waals surface area contributed by atoms with E-state index in [1.165, 1.54) is 0 Å². The Morgan fingerprint density at radius 1 is 0.857 bits per heavy atom. The molecule has 2 nitrogen and oxygen atoms in total. The zero-order valence-electron chi connectivity index (χ0n) is 3.98. The van der Waals surface area contributed by atoms with Crippen LogP contribution in [0.1, 0.15) is 12.8 Å². The second-order valence-corrected chi connectivity index (χ2v) is 1.28. The van der Waals surface area contributed by atoms with Crippen molar-refractivity contribution < 1.29 is 0 Å². The minimum atomic E-state index is 0. The Morgan fingerprint density at radius 2 is 1.14 bits per heavy atom. The van der Waals surface area contributed by atoms with Crippen LogP contribution in [-0.4, -0.2) is 30.5 Å². The van der Waals surface area contributed by atoms with Crippen LogP contribution in [0.25, 0.3) is 0 Å². The summed E-state index contributed by atoms with van der Waals surface area (Å²) < 4.78 is 0. The maximum atomic E-state index is 5.16. The first-order valence-electron chi connectivity index (χ1n) is 2.32. The summed E-state index contributed by atoms with van der Waals surface area (Å²) in [6.45, 7) is 1.55. The van der Waals surface area contributed by atoms with Gasteiger partial charge in [0.05, 0.1) is 0 Å². The van der Waals surface area contributed by atoms with E-state index in [1.807, 2.05) is 0 Å². The summed E-state index contributed by atoms with van der Waals surface area (Å²) in [4.78, 5) is 0. The first kappa shape index (κ1) is 10.4. The number of nitrogens with two attached hydrogens (primary N) is 2. The zero-order valence-corrected chi connectivity index (χ0v) is 3.98. The van der Waals surface area contributed by atoms with Crippen LogP contribution in [0, 0.1) is 0 Å². The Kier molecular flexibility index (Phi) is 14.4. The van der Waals surface area contributed by atoms with E-state index in [0.29, 0.717) is 0 Å². The molecule has 0 fully saturated rings. The topological polar surface area (TPSA) is 52.0 Å². The normalized spacial score (nSPS) is 7.71. The molecule has 0 aliphatic carbocycles. The molecule has 0 bridgehead atoms. The average Bonchev–Trinajstić information content (AvgIpc) is 1.61. The predicted octanol–water partition coefficient (Wildman–Crippen LogP) is -1.50. The lowest BCUT2D eigenvalue weighted by molar-refractivity contribution is 0.755. The van der Waals surface area contributed by atoms with Gasteiger partial charge in [0.1, 0.15) is 0 Å². The maximum absolute atomic E-state index is 5.16. The van der Waals surface area contributed by atoms with Gasteiger partial charge >= 0.3 is 0 Å². The summed E-state index contributed by atoms with van der Waals surface area (Å²) >= 11 is 0. The maximum Gasteiger partial charge on any atom is 0.187 e. The molecule has 4 N–H and O–H groups in total. The SMILES string of the molecule is NCCCCN.[AlH3]. The van der Waals surface area contributed by atoms with E-state index in [1.54, 1.807) is 0 Å². The standard InChI is InChI=1S/C4H12N2.Al.3H/c5-3-1-2-4-6;;;;/h1-6H2;;;;. The van der Waals surface area contributed by atoms with Crippen LogP contribution in [0.5, 0.6) is 0 Å². The highest BCUT2D eigenvalue weighted by molar-refractivity contribution is 5.75. The van der Waals surface area contributed by atoms with Gasteiger partial charge in [-0.2, -0.15) is 0 Å². The van der Waals surface area contributed by atoms with E-state index in [-0.39, 0.29) is 17.4 Å². The van der Waals surface area contributed by atoms with E-state index in [2.05, 4.69) is 0 Å². The third-order valence-electron chi connectivity index (χ3n) is 0.658. The van der Waals surface area contributed by atoms with Crippen molar-refractivity contribution in [2.24, 2.45) is 11.5 Å². The molecule has 0 aromatic heterocycles. The van der Waals surface area contributed by atoms with E-state index in [0.717, 1.165) is 25.9 Å². The Hall–Kier alpha value is 0.452. The summed E-state index contributed by atoms with van der Waals surface area (Å²) in [6, 6.07) is 0. The molecule has 0 spiro atoms. The molecule has 0 rings (SSSR count). The molecule has 0 aromatic rings. The van der Waals surface area contributed by atoms with E-state index < -0.39 is 0 Å². The van der Waals surface area contributed by atoms with Gasteiger partial charge in [-0.15, -0.1) is 0 Å². The van der Waals surface area contributed by atoms with Gasteiger partial charge < -0.3 is 11.5 Å². The van der Waals surface area contributed by atoms with Gasteiger partial charge in [-0.3, -0.25) is 0 Å². The van der Waals surface area contributed by atoms with Crippen LogP contribution in [0.3, 0.4) is 0 Å². The highest BCUT2D eigenvalue weighted by atomic mass is 27.0. The summed E-state index contributed by atoms with van der Waals surface area (Å²) in [5.74, 6) is 0. The molecule has 7 heavy (non-hydrogen) atoms. The van der Waals surface area contributed by atoms with Crippen LogP contribution in [0.15, 0.2) is 0 Å². The first-order chi connectivity index (χ1) is 2.91. The third-order valence-corrected chi connectivity index (χ3v) is 0.658. The second kappa shape index (κ2) is 9.68. The molecular formula is C4H15AlN2. The lowest BCUT2D eigenvalue weighted by Gasteiger charge is -1.87. The minimum absolute atomic E-state index is 0. The van der Waals surface area contributed by atoms with Gasteiger partial charge in [-0.25, -0.2) is 0 Å². The van der Waals surface area contributed by atoms with Gasteiger partial charge in [-0.1, -0.05) is 0 Å². The molecule has 44 valence electrons. The van der Waals surface area contributed by atoms with Gasteiger partial charge in [0, 0.05) is 0 Å². The van der Waals surface area contributed by atoms with Crippen molar-refractivity contribution in [3.05, 3.63) is 0 Å². The Morgan fingerprint density at radius 3 is 1.29 bits per heavy atom. The fraction of sp³-hybridized carbons (Fsp3) is 1.00. The van der Waals surface area contributed by atoms with Crippen molar-refractivity contribution in [3.63, 3.8) is 0 Å². The number of hydrogen-bond acceptors (Lipinski definition) is 2. The number of unbranched alkanes of at least 4 members (excludes halogenated alkanes) is 1. The highest BCUT2D eigenvalue weighted by Crippen LogP contribution is 1.77. The Balaban J connectivity index is 0. The van der Waals surface area contributed by atoms with Crippen LogP contribution in [0.2, 0.25) is 0 Å². The van der Waals surface area contributed by atoms with Crippen molar-refractivity contribution in [3.8, 4) is 0 Å². The van der Waals surface area contributed by atoms with E-state index in [9.17, 15) is 0 Å². The summed E-state index contributed by atoms with van der Waals surface area (Å²) in [5, 5.41) is 0. The van der Waals surface area contributed by atoms with Crippen LogP contribution in [0.4, 0.5) is 0 Å². The van der Waals surface area contributed by atoms with Crippen molar-refractivity contribution in [2.45, 2.75) is 12.8 Å². The van der Waals surface area contributed by atoms with Crippen molar-refractivity contribution in [2.75, 3.05) is 13.1 Å². The molecule has 0 saturated carbocycles. The van der Waals surface area contributed by atoms with Gasteiger partial charge in [-0.05, 0) is 25.9 Å². The number of rotatable bonds is 3. The lowest BCUT2D eigenvalue weighted by Crippen LogP contribution is -2.03.